The Bertz CT molecular complexity index is 1340. The molecule has 2 aliphatic heterocycles. The van der Waals surface area contributed by atoms with Crippen molar-refractivity contribution in [2.75, 3.05) is 13.2 Å². The molecule has 0 bridgehead atoms. The molecular weight excluding hydrogens is 586 g/mol. The van der Waals surface area contributed by atoms with E-state index in [4.69, 9.17) is 19.2 Å². The third kappa shape index (κ3) is 5.21. The van der Waals surface area contributed by atoms with Crippen molar-refractivity contribution in [1.29, 1.82) is 0 Å². The summed E-state index contributed by atoms with van der Waals surface area (Å²) in [5, 5.41) is 46.0. The van der Waals surface area contributed by atoms with Crippen LogP contribution in [0.25, 0.3) is 0 Å². The minimum absolute atomic E-state index is 0.00681. The molecule has 4 aliphatic carbocycles. The molecule has 0 aromatic heterocycles. The number of rotatable bonds is 7. The number of aliphatic hydroxyl groups is 4. The van der Waals surface area contributed by atoms with Crippen molar-refractivity contribution in [3.8, 4) is 0 Å². The van der Waals surface area contributed by atoms with Crippen molar-refractivity contribution in [2.45, 2.75) is 126 Å². The van der Waals surface area contributed by atoms with E-state index in [1.807, 2.05) is 18.2 Å². The second kappa shape index (κ2) is 12.1. The number of nitrogens with zero attached hydrogens (tertiary/aromatic N) is 1. The first-order valence-electron chi connectivity index (χ1n) is 17.5. The normalized spacial score (nSPS) is 47.2. The quantitative estimate of drug-likeness (QED) is 0.201. The van der Waals surface area contributed by atoms with Gasteiger partial charge in [0.05, 0.1) is 29.5 Å². The molecule has 0 spiro atoms. The van der Waals surface area contributed by atoms with E-state index in [-0.39, 0.29) is 41.7 Å². The Morgan fingerprint density at radius 3 is 2.54 bits per heavy atom. The van der Waals surface area contributed by atoms with Crippen LogP contribution < -0.4 is 0 Å². The fraction of sp³-hybridized carbons (Fsp3) is 0.730. The molecule has 12 atom stereocenters. The summed E-state index contributed by atoms with van der Waals surface area (Å²) in [6, 6.07) is 10.3. The Hall–Kier alpha value is -2.14. The molecule has 9 nitrogen and oxygen atoms in total. The molecule has 2 heterocycles. The number of cyclic esters (lactones) is 1. The summed E-state index contributed by atoms with van der Waals surface area (Å²) in [6.45, 7) is 4.90. The molecule has 9 heteroatoms. The third-order valence-electron chi connectivity index (χ3n) is 13.3. The van der Waals surface area contributed by atoms with Crippen LogP contribution in [-0.2, 0) is 25.4 Å². The van der Waals surface area contributed by atoms with Crippen molar-refractivity contribution in [1.82, 2.24) is 0 Å². The van der Waals surface area contributed by atoms with E-state index in [2.05, 4.69) is 25.3 Å². The summed E-state index contributed by atoms with van der Waals surface area (Å²) in [4.78, 5) is 17.0. The van der Waals surface area contributed by atoms with Crippen LogP contribution >= 0.6 is 0 Å². The van der Waals surface area contributed by atoms with E-state index in [0.29, 0.717) is 51.7 Å². The van der Waals surface area contributed by atoms with Gasteiger partial charge in [-0.25, -0.2) is 4.79 Å². The first-order chi connectivity index (χ1) is 22.0. The molecule has 0 unspecified atom stereocenters. The number of carbonyl (C=O) groups excluding carboxylic acids is 1. The topological polar surface area (TPSA) is 138 Å². The second-order valence-corrected chi connectivity index (χ2v) is 15.5. The number of ether oxygens (including phenoxy) is 3. The maximum absolute atomic E-state index is 12.7. The molecule has 1 saturated heterocycles. The molecular formula is C37H51NO8. The minimum Gasteiger partial charge on any atom is -0.458 e. The highest BCUT2D eigenvalue weighted by atomic mass is 16.7. The molecule has 6 aliphatic rings. The molecule has 0 amide bonds. The highest BCUT2D eigenvalue weighted by Gasteiger charge is 2.71. The van der Waals surface area contributed by atoms with Crippen molar-refractivity contribution < 1.29 is 39.4 Å². The van der Waals surface area contributed by atoms with E-state index in [1.165, 1.54) is 5.56 Å². The lowest BCUT2D eigenvalue weighted by Gasteiger charge is -2.66. The number of aliphatic imine (C=N–C) groups is 1. The zero-order chi connectivity index (χ0) is 32.3. The summed E-state index contributed by atoms with van der Waals surface area (Å²) in [6.07, 6.45) is 7.68. The first-order valence-corrected chi connectivity index (χ1v) is 17.5. The maximum Gasteiger partial charge on any atom is 0.331 e. The summed E-state index contributed by atoms with van der Waals surface area (Å²) < 4.78 is 17.6. The second-order valence-electron chi connectivity index (χ2n) is 15.5. The van der Waals surface area contributed by atoms with Crippen molar-refractivity contribution in [3.05, 3.63) is 47.5 Å². The van der Waals surface area contributed by atoms with Crippen LogP contribution in [-0.4, -0.2) is 87.7 Å². The van der Waals surface area contributed by atoms with Gasteiger partial charge in [-0.05, 0) is 93.6 Å². The number of benzene rings is 1. The van der Waals surface area contributed by atoms with E-state index in [0.717, 1.165) is 31.3 Å². The van der Waals surface area contributed by atoms with E-state index in [9.17, 15) is 25.2 Å². The highest BCUT2D eigenvalue weighted by Crippen LogP contribution is 2.70. The van der Waals surface area contributed by atoms with Crippen molar-refractivity contribution >= 4 is 12.2 Å². The molecule has 1 aromatic rings. The molecule has 0 radical (unpaired) electrons. The van der Waals surface area contributed by atoms with Crippen LogP contribution in [0.2, 0.25) is 0 Å². The van der Waals surface area contributed by atoms with Gasteiger partial charge in [0.15, 0.2) is 6.29 Å². The zero-order valence-corrected chi connectivity index (χ0v) is 27.2. The van der Waals surface area contributed by atoms with E-state index < -0.39 is 41.2 Å². The van der Waals surface area contributed by atoms with E-state index in [1.54, 1.807) is 13.0 Å². The predicted octanol–water partition coefficient (Wildman–Crippen LogP) is 3.89. The smallest absolute Gasteiger partial charge is 0.331 e. The number of fused-ring (bicyclic) bond motifs is 5. The average Bonchev–Trinajstić information content (AvgIpc) is 3.58. The number of hydrogen-bond acceptors (Lipinski definition) is 9. The average molecular weight is 638 g/mol. The zero-order valence-electron chi connectivity index (χ0n) is 27.2. The van der Waals surface area contributed by atoms with Gasteiger partial charge in [0.2, 0.25) is 0 Å². The first kappa shape index (κ1) is 32.4. The molecule has 1 aromatic carbocycles. The maximum atomic E-state index is 12.7. The Morgan fingerprint density at radius 2 is 1.80 bits per heavy atom. The van der Waals surface area contributed by atoms with Gasteiger partial charge >= 0.3 is 5.97 Å². The number of carbonyl (C=O) groups is 1. The summed E-state index contributed by atoms with van der Waals surface area (Å²) in [5.74, 6) is -0.110. The Kier molecular flexibility index (Phi) is 8.51. The van der Waals surface area contributed by atoms with Gasteiger partial charge < -0.3 is 34.6 Å². The molecule has 46 heavy (non-hydrogen) atoms. The third-order valence-corrected chi connectivity index (χ3v) is 13.3. The molecule has 4 saturated carbocycles. The van der Waals surface area contributed by atoms with Gasteiger partial charge in [0, 0.05) is 42.5 Å². The molecule has 4 N–H and O–H groups in total. The van der Waals surface area contributed by atoms with Gasteiger partial charge in [0.1, 0.15) is 12.7 Å². The van der Waals surface area contributed by atoms with Crippen LogP contribution in [0.1, 0.15) is 83.6 Å². The van der Waals surface area contributed by atoms with Crippen LogP contribution in [0.3, 0.4) is 0 Å². The number of esters is 1. The molecule has 252 valence electrons. The van der Waals surface area contributed by atoms with Crippen LogP contribution in [0.15, 0.2) is 47.0 Å². The summed E-state index contributed by atoms with van der Waals surface area (Å²) in [5.41, 5.74) is -0.707. The van der Waals surface area contributed by atoms with Gasteiger partial charge in [0.25, 0.3) is 0 Å². The predicted molar refractivity (Wildman–Crippen MR) is 171 cm³/mol. The van der Waals surface area contributed by atoms with Crippen molar-refractivity contribution in [2.24, 2.45) is 33.6 Å². The largest absolute Gasteiger partial charge is 0.458 e. The lowest BCUT2D eigenvalue weighted by atomic mass is 9.41. The van der Waals surface area contributed by atoms with Gasteiger partial charge in [-0.1, -0.05) is 37.3 Å². The molecule has 7 rings (SSSR count). The number of hydrogen-bond donors (Lipinski definition) is 4. The van der Waals surface area contributed by atoms with Crippen LogP contribution in [0.5, 0.6) is 0 Å². The van der Waals surface area contributed by atoms with Gasteiger partial charge in [-0.15, -0.1) is 0 Å². The molecule has 5 fully saturated rings. The van der Waals surface area contributed by atoms with E-state index >= 15 is 0 Å². The lowest BCUT2D eigenvalue weighted by Crippen LogP contribution is -2.69. The standard InChI is InChI=1S/C37H51NO8/c1-23-33(41)30(39)19-32(45-23)46-26-8-14-35(22-38-17-12-24-6-4-3-5-7-24)28-9-13-34(2)27(25-18-31(40)44-21-25)11-16-37(34,43)29(28)10-15-36(35,42)20-26/h3-7,18,22-23,26-30,32-33,39,41-43H,8-17,19-21H2,1-2H3/t23-,26-,27-,28-,29-,30-,32+,33-,34+,35-,36+,37+/m1/s1. The van der Waals surface area contributed by atoms with Crippen LogP contribution in [0.4, 0.5) is 0 Å². The Labute approximate surface area is 272 Å². The number of aliphatic hydroxyl groups excluding tert-OH is 2. The fourth-order valence-corrected chi connectivity index (χ4v) is 10.9. The van der Waals surface area contributed by atoms with Crippen molar-refractivity contribution in [3.63, 3.8) is 0 Å². The van der Waals surface area contributed by atoms with Gasteiger partial charge in [-0.2, -0.15) is 0 Å². The Balaban J connectivity index is 1.16. The summed E-state index contributed by atoms with van der Waals surface area (Å²) in [7, 11) is 0. The SMILES string of the molecule is C[C@H]1O[C@@H](O[C@@H]2CC[C@@]3(C=NCCc4ccccc4)[C@@H]4CC[C@@]5(C)[C@@H](C6=CC(=O)OC6)CC[C@]5(O)[C@@H]4CC[C@]3(O)C2)C[C@@H](O)[C@@H]1O. The lowest BCUT2D eigenvalue weighted by molar-refractivity contribution is -0.282. The van der Waals surface area contributed by atoms with Crippen LogP contribution in [0, 0.1) is 28.6 Å². The highest BCUT2D eigenvalue weighted by molar-refractivity contribution is 5.85. The Morgan fingerprint density at radius 1 is 1.02 bits per heavy atom. The summed E-state index contributed by atoms with van der Waals surface area (Å²) >= 11 is 0. The monoisotopic (exact) mass is 637 g/mol. The van der Waals surface area contributed by atoms with Gasteiger partial charge in [-0.3, -0.25) is 4.99 Å². The fourth-order valence-electron chi connectivity index (χ4n) is 10.9. The minimum atomic E-state index is -1.07.